The first-order valence-corrected chi connectivity index (χ1v) is 6.93. The Hall–Kier alpha value is -0.480. The van der Waals surface area contributed by atoms with E-state index in [2.05, 4.69) is 20.3 Å². The van der Waals surface area contributed by atoms with Crippen molar-refractivity contribution in [3.05, 3.63) is 33.8 Å². The van der Waals surface area contributed by atoms with Crippen LogP contribution in [0.2, 0.25) is 0 Å². The maximum absolute atomic E-state index is 11.7. The minimum absolute atomic E-state index is 0.305. The van der Waals surface area contributed by atoms with Crippen LogP contribution in [0.4, 0.5) is 0 Å². The smallest absolute Gasteiger partial charge is 0.144 e. The average Bonchev–Trinajstić information content (AvgIpc) is 2.18. The molecule has 16 heavy (non-hydrogen) atoms. The van der Waals surface area contributed by atoms with Crippen molar-refractivity contribution in [2.75, 3.05) is 0 Å². The summed E-state index contributed by atoms with van der Waals surface area (Å²) < 4.78 is 16.5. The second kappa shape index (κ2) is 5.23. The van der Waals surface area contributed by atoms with Crippen molar-refractivity contribution in [3.8, 4) is 0 Å². The van der Waals surface area contributed by atoms with Crippen molar-refractivity contribution >= 4 is 33.1 Å². The first-order valence-electron chi connectivity index (χ1n) is 5.03. The summed E-state index contributed by atoms with van der Waals surface area (Å²) >= 11 is 3.44. The van der Waals surface area contributed by atoms with Crippen LogP contribution in [0.15, 0.2) is 27.1 Å². The lowest BCUT2D eigenvalue weighted by Gasteiger charge is -2.12. The largest absolute Gasteiger partial charge is 0.234 e. The molecule has 1 atom stereocenters. The van der Waals surface area contributed by atoms with Gasteiger partial charge in [-0.25, -0.2) is 4.21 Å². The highest BCUT2D eigenvalue weighted by Crippen LogP contribution is 2.17. The summed E-state index contributed by atoms with van der Waals surface area (Å²) in [6.07, 6.45) is 1.67. The van der Waals surface area contributed by atoms with Gasteiger partial charge in [0.05, 0.1) is 4.75 Å². The first kappa shape index (κ1) is 13.6. The van der Waals surface area contributed by atoms with Crippen LogP contribution >= 0.6 is 15.9 Å². The van der Waals surface area contributed by atoms with Gasteiger partial charge in [-0.15, -0.1) is 0 Å². The van der Waals surface area contributed by atoms with Gasteiger partial charge in [-0.1, -0.05) is 22.0 Å². The molecule has 0 saturated heterocycles. The normalized spacial score (nSPS) is 14.3. The van der Waals surface area contributed by atoms with Gasteiger partial charge in [0.2, 0.25) is 0 Å². The highest BCUT2D eigenvalue weighted by Gasteiger charge is 2.17. The summed E-state index contributed by atoms with van der Waals surface area (Å²) in [5.41, 5.74) is 2.11. The fourth-order valence-electron chi connectivity index (χ4n) is 1.02. The van der Waals surface area contributed by atoms with Crippen LogP contribution in [0.25, 0.3) is 0 Å². The maximum atomic E-state index is 11.7. The van der Waals surface area contributed by atoms with Crippen molar-refractivity contribution in [2.24, 2.45) is 4.40 Å². The van der Waals surface area contributed by atoms with Gasteiger partial charge in [0.15, 0.2) is 0 Å². The van der Waals surface area contributed by atoms with Gasteiger partial charge in [-0.3, -0.25) is 0 Å². The van der Waals surface area contributed by atoms with Crippen molar-refractivity contribution in [1.29, 1.82) is 0 Å². The molecule has 1 rings (SSSR count). The Balaban J connectivity index is 2.85. The Bertz CT molecular complexity index is 435. The molecule has 1 aromatic carbocycles. The van der Waals surface area contributed by atoms with Gasteiger partial charge in [-0.05, 0) is 51.0 Å². The van der Waals surface area contributed by atoms with Crippen LogP contribution in [0, 0.1) is 6.92 Å². The molecule has 0 heterocycles. The third-order valence-corrected chi connectivity index (χ3v) is 4.24. The van der Waals surface area contributed by atoms with Crippen LogP contribution < -0.4 is 0 Å². The van der Waals surface area contributed by atoms with E-state index < -0.39 is 11.0 Å². The summed E-state index contributed by atoms with van der Waals surface area (Å²) in [5.74, 6) is 0. The molecule has 2 nitrogen and oxygen atoms in total. The molecule has 0 N–H and O–H groups in total. The van der Waals surface area contributed by atoms with Gasteiger partial charge in [0, 0.05) is 10.7 Å². The monoisotopic (exact) mass is 301 g/mol. The Morgan fingerprint density at radius 2 is 2.00 bits per heavy atom. The number of hydrogen-bond acceptors (Lipinski definition) is 1. The number of hydrogen-bond donors (Lipinski definition) is 0. The minimum Gasteiger partial charge on any atom is -0.234 e. The quantitative estimate of drug-likeness (QED) is 0.767. The standard InChI is InChI=1S/C12H16BrNOS/c1-9-7-10(5-6-11(9)13)8-14-16(15)12(2,3)4/h5-8H,1-4H3/t16-/m0/s1. The number of aryl methyl sites for hydroxylation is 1. The molecule has 0 bridgehead atoms. The van der Waals surface area contributed by atoms with Gasteiger partial charge in [-0.2, -0.15) is 4.40 Å². The van der Waals surface area contributed by atoms with Gasteiger partial charge in [0.1, 0.15) is 11.0 Å². The molecule has 1 aromatic rings. The van der Waals surface area contributed by atoms with E-state index in [1.54, 1.807) is 6.21 Å². The molecule has 0 spiro atoms. The predicted molar refractivity (Wildman–Crippen MR) is 74.4 cm³/mol. The van der Waals surface area contributed by atoms with Gasteiger partial charge >= 0.3 is 0 Å². The molecular formula is C12H16BrNOS. The van der Waals surface area contributed by atoms with Crippen LogP contribution in [-0.4, -0.2) is 15.2 Å². The van der Waals surface area contributed by atoms with E-state index in [0.717, 1.165) is 15.6 Å². The van der Waals surface area contributed by atoms with E-state index in [1.165, 1.54) is 0 Å². The van der Waals surface area contributed by atoms with Gasteiger partial charge < -0.3 is 0 Å². The molecule has 0 unspecified atom stereocenters. The highest BCUT2D eigenvalue weighted by molar-refractivity contribution is 9.10. The Labute approximate surface area is 108 Å². The third kappa shape index (κ3) is 3.83. The third-order valence-electron chi connectivity index (χ3n) is 2.00. The van der Waals surface area contributed by atoms with Crippen molar-refractivity contribution in [3.63, 3.8) is 0 Å². The molecule has 0 fully saturated rings. The lowest BCUT2D eigenvalue weighted by atomic mass is 10.2. The second-order valence-electron chi connectivity index (χ2n) is 4.60. The number of halogens is 1. The van der Waals surface area contributed by atoms with E-state index >= 15 is 0 Å². The number of benzene rings is 1. The lowest BCUT2D eigenvalue weighted by molar-refractivity contribution is 0.651. The minimum atomic E-state index is -1.19. The average molecular weight is 302 g/mol. The predicted octanol–water partition coefficient (Wildman–Crippen LogP) is 3.64. The topological polar surface area (TPSA) is 29.4 Å². The maximum Gasteiger partial charge on any atom is 0.144 e. The molecule has 0 saturated carbocycles. The molecule has 4 heteroatoms. The summed E-state index contributed by atoms with van der Waals surface area (Å²) in [6.45, 7) is 7.75. The van der Waals surface area contributed by atoms with Crippen LogP contribution in [0.3, 0.4) is 0 Å². The zero-order valence-corrected chi connectivity index (χ0v) is 12.4. The first-order chi connectivity index (χ1) is 7.30. The van der Waals surface area contributed by atoms with E-state index in [4.69, 9.17) is 0 Å². The van der Waals surface area contributed by atoms with Crippen LogP contribution in [0.5, 0.6) is 0 Å². The summed E-state index contributed by atoms with van der Waals surface area (Å²) in [4.78, 5) is 0. The Kier molecular flexibility index (Phi) is 4.44. The molecule has 0 aromatic heterocycles. The van der Waals surface area contributed by atoms with Gasteiger partial charge in [0.25, 0.3) is 0 Å². The fourth-order valence-corrected chi connectivity index (χ4v) is 1.80. The summed E-state index contributed by atoms with van der Waals surface area (Å²) in [7, 11) is -1.19. The van der Waals surface area contributed by atoms with Crippen LogP contribution in [-0.2, 0) is 11.0 Å². The summed E-state index contributed by atoms with van der Waals surface area (Å²) in [5, 5.41) is 0. The van der Waals surface area contributed by atoms with Crippen molar-refractivity contribution < 1.29 is 4.21 Å². The number of nitrogens with zero attached hydrogens (tertiary/aromatic N) is 1. The fraction of sp³-hybridized carbons (Fsp3) is 0.417. The van der Waals surface area contributed by atoms with E-state index in [9.17, 15) is 4.21 Å². The molecule has 0 aliphatic heterocycles. The number of rotatable bonds is 2. The molecule has 0 aliphatic rings. The Morgan fingerprint density at radius 3 is 2.50 bits per heavy atom. The molecule has 88 valence electrons. The molecule has 0 aliphatic carbocycles. The molecule has 0 amide bonds. The van der Waals surface area contributed by atoms with E-state index in [1.807, 2.05) is 45.9 Å². The zero-order chi connectivity index (χ0) is 12.3. The van der Waals surface area contributed by atoms with Crippen LogP contribution in [0.1, 0.15) is 31.9 Å². The van der Waals surface area contributed by atoms with E-state index in [-0.39, 0.29) is 4.75 Å². The molecule has 0 radical (unpaired) electrons. The molecular weight excluding hydrogens is 286 g/mol. The Morgan fingerprint density at radius 1 is 1.38 bits per heavy atom. The highest BCUT2D eigenvalue weighted by atomic mass is 79.9. The zero-order valence-electron chi connectivity index (χ0n) is 9.95. The van der Waals surface area contributed by atoms with Crippen molar-refractivity contribution in [2.45, 2.75) is 32.4 Å². The summed E-state index contributed by atoms with van der Waals surface area (Å²) in [6, 6.07) is 5.92. The lowest BCUT2D eigenvalue weighted by Crippen LogP contribution is -2.19. The van der Waals surface area contributed by atoms with Crippen molar-refractivity contribution in [1.82, 2.24) is 0 Å². The SMILES string of the molecule is Cc1cc(C=N[S@@](=O)C(C)(C)C)ccc1Br. The second-order valence-corrected chi connectivity index (χ2v) is 7.39. The van der Waals surface area contributed by atoms with E-state index in [0.29, 0.717) is 0 Å².